The van der Waals surface area contributed by atoms with Crippen molar-refractivity contribution >= 4 is 39.1 Å². The Morgan fingerprint density at radius 2 is 1.62 bits per heavy atom. The third-order valence-electron chi connectivity index (χ3n) is 8.11. The molecule has 0 unspecified atom stereocenters. The molecule has 2 amide bonds. The molecule has 1 saturated carbocycles. The van der Waals surface area contributed by atoms with Crippen LogP contribution in [0.3, 0.4) is 0 Å². The van der Waals surface area contributed by atoms with Crippen molar-refractivity contribution in [1.29, 1.82) is 0 Å². The first-order valence-corrected chi connectivity index (χ1v) is 18.0. The number of rotatable bonds is 15. The van der Waals surface area contributed by atoms with Crippen molar-refractivity contribution in [3.8, 4) is 5.75 Å². The molecule has 0 heterocycles. The van der Waals surface area contributed by atoms with Crippen molar-refractivity contribution in [3.63, 3.8) is 0 Å². The lowest BCUT2D eigenvalue weighted by Crippen LogP contribution is -2.53. The van der Waals surface area contributed by atoms with E-state index < -0.39 is 16.1 Å². The van der Waals surface area contributed by atoms with E-state index in [-0.39, 0.29) is 43.8 Å². The average molecular weight is 654 g/mol. The van der Waals surface area contributed by atoms with E-state index in [1.54, 1.807) is 35.2 Å². The van der Waals surface area contributed by atoms with Gasteiger partial charge in [0, 0.05) is 37.0 Å². The lowest BCUT2D eigenvalue weighted by molar-refractivity contribution is -0.141. The molecule has 1 aliphatic rings. The zero-order valence-electron chi connectivity index (χ0n) is 26.2. The van der Waals surface area contributed by atoms with E-state index in [0.717, 1.165) is 49.5 Å². The van der Waals surface area contributed by atoms with Gasteiger partial charge in [-0.25, -0.2) is 8.42 Å². The summed E-state index contributed by atoms with van der Waals surface area (Å²) in [5, 5.41) is 3.75. The largest absolute Gasteiger partial charge is 0.494 e. The molecule has 1 N–H and O–H groups in total. The normalized spacial score (nSPS) is 14.4. The number of hydrogen-bond acceptors (Lipinski definition) is 5. The highest BCUT2D eigenvalue weighted by molar-refractivity contribution is 7.92. The maximum Gasteiger partial charge on any atom is 0.243 e. The van der Waals surface area contributed by atoms with Crippen LogP contribution in [0.25, 0.3) is 0 Å². The van der Waals surface area contributed by atoms with Crippen LogP contribution in [0.1, 0.15) is 63.0 Å². The molecule has 8 nitrogen and oxygen atoms in total. The van der Waals surface area contributed by atoms with Gasteiger partial charge in [-0.05, 0) is 67.6 Å². The Balaban J connectivity index is 1.58. The summed E-state index contributed by atoms with van der Waals surface area (Å²) in [5.74, 6) is 0.226. The topological polar surface area (TPSA) is 96.0 Å². The predicted molar refractivity (Wildman–Crippen MR) is 180 cm³/mol. The van der Waals surface area contributed by atoms with Gasteiger partial charge in [-0.2, -0.15) is 0 Å². The van der Waals surface area contributed by atoms with Crippen molar-refractivity contribution < 1.29 is 22.7 Å². The highest BCUT2D eigenvalue weighted by atomic mass is 35.5. The first-order valence-electron chi connectivity index (χ1n) is 15.7. The van der Waals surface area contributed by atoms with Crippen LogP contribution in [-0.2, 0) is 32.6 Å². The highest BCUT2D eigenvalue weighted by Crippen LogP contribution is 2.25. The minimum Gasteiger partial charge on any atom is -0.494 e. The predicted octanol–water partition coefficient (Wildman–Crippen LogP) is 6.37. The Kier molecular flexibility index (Phi) is 12.7. The van der Waals surface area contributed by atoms with Crippen molar-refractivity contribution in [2.75, 3.05) is 23.7 Å². The van der Waals surface area contributed by atoms with Gasteiger partial charge >= 0.3 is 0 Å². The van der Waals surface area contributed by atoms with Crippen LogP contribution in [0.2, 0.25) is 5.02 Å². The number of sulfonamides is 1. The number of anilines is 1. The summed E-state index contributed by atoms with van der Waals surface area (Å²) >= 11 is 6.55. The number of halogens is 1. The molecule has 242 valence electrons. The van der Waals surface area contributed by atoms with Gasteiger partial charge < -0.3 is 15.0 Å². The van der Waals surface area contributed by atoms with E-state index in [1.165, 1.54) is 4.31 Å². The molecule has 3 aromatic carbocycles. The summed E-state index contributed by atoms with van der Waals surface area (Å²) in [5.41, 5.74) is 2.18. The summed E-state index contributed by atoms with van der Waals surface area (Å²) < 4.78 is 32.3. The fraction of sp³-hybridized carbons (Fsp3) is 0.429. The minimum absolute atomic E-state index is 0.0511. The first-order chi connectivity index (χ1) is 21.7. The Labute approximate surface area is 272 Å². The molecule has 1 atom stereocenters. The molecule has 0 bridgehead atoms. The van der Waals surface area contributed by atoms with E-state index in [9.17, 15) is 18.0 Å². The summed E-state index contributed by atoms with van der Waals surface area (Å²) in [7, 11) is -3.62. The maximum absolute atomic E-state index is 14.1. The lowest BCUT2D eigenvalue weighted by Gasteiger charge is -2.34. The van der Waals surface area contributed by atoms with Crippen molar-refractivity contribution in [2.45, 2.75) is 76.9 Å². The van der Waals surface area contributed by atoms with E-state index in [4.69, 9.17) is 16.3 Å². The van der Waals surface area contributed by atoms with Gasteiger partial charge in [0.1, 0.15) is 11.8 Å². The first kappa shape index (κ1) is 34.3. The second kappa shape index (κ2) is 16.7. The second-order valence-electron chi connectivity index (χ2n) is 11.5. The molecule has 10 heteroatoms. The van der Waals surface area contributed by atoms with Crippen molar-refractivity contribution in [2.24, 2.45) is 0 Å². The molecular formula is C35H44ClN3O5S. The zero-order valence-corrected chi connectivity index (χ0v) is 27.7. The number of nitrogens with one attached hydrogen (secondary N) is 1. The number of ether oxygens (including phenoxy) is 1. The fourth-order valence-electron chi connectivity index (χ4n) is 5.79. The monoisotopic (exact) mass is 653 g/mol. The molecule has 3 aromatic rings. The molecule has 0 aliphatic heterocycles. The molecule has 45 heavy (non-hydrogen) atoms. The summed E-state index contributed by atoms with van der Waals surface area (Å²) in [6, 6.07) is 23.2. The SMILES string of the molecule is CCOc1ccc(N(CCCC(=O)N(Cc2ccccc2Cl)[C@@H](Cc2ccccc2)C(=O)NC2CCCCC2)S(C)(=O)=O)cc1. The Bertz CT molecular complexity index is 1500. The average Bonchev–Trinajstić information content (AvgIpc) is 3.03. The van der Waals surface area contributed by atoms with Gasteiger partial charge in [0.2, 0.25) is 21.8 Å². The van der Waals surface area contributed by atoms with Crippen LogP contribution in [0, 0.1) is 0 Å². The van der Waals surface area contributed by atoms with Crippen LogP contribution in [-0.4, -0.2) is 56.6 Å². The summed E-state index contributed by atoms with van der Waals surface area (Å²) in [4.78, 5) is 29.7. The van der Waals surface area contributed by atoms with Gasteiger partial charge in [-0.15, -0.1) is 0 Å². The third kappa shape index (κ3) is 10.2. The van der Waals surface area contributed by atoms with Crippen molar-refractivity contribution in [1.82, 2.24) is 10.2 Å². The van der Waals surface area contributed by atoms with Crippen LogP contribution in [0.5, 0.6) is 5.75 Å². The fourth-order valence-corrected chi connectivity index (χ4v) is 6.95. The summed E-state index contributed by atoms with van der Waals surface area (Å²) in [6.07, 6.45) is 6.97. The molecule has 0 radical (unpaired) electrons. The standard InChI is InChI=1S/C35H44ClN3O5S/c1-3-44-31-22-20-30(21-23-31)39(45(2,42)43)24-12-19-34(40)38(26-28-15-10-11-18-32(28)36)33(25-27-13-6-4-7-14-27)35(41)37-29-16-8-5-9-17-29/h4,6-7,10-11,13-15,18,20-23,29,33H,3,5,8-9,12,16-17,19,24-26H2,1-2H3,(H,37,41)/t33-/m0/s1. The minimum atomic E-state index is -3.62. The van der Waals surface area contributed by atoms with Crippen LogP contribution >= 0.6 is 11.6 Å². The van der Waals surface area contributed by atoms with E-state index >= 15 is 0 Å². The maximum atomic E-state index is 14.1. The Morgan fingerprint density at radius 1 is 0.956 bits per heavy atom. The summed E-state index contributed by atoms with van der Waals surface area (Å²) in [6.45, 7) is 2.65. The molecule has 0 aromatic heterocycles. The van der Waals surface area contributed by atoms with Crippen LogP contribution in [0.4, 0.5) is 5.69 Å². The van der Waals surface area contributed by atoms with Crippen molar-refractivity contribution in [3.05, 3.63) is 95.0 Å². The van der Waals surface area contributed by atoms with E-state index in [2.05, 4.69) is 5.32 Å². The molecule has 0 spiro atoms. The third-order valence-corrected chi connectivity index (χ3v) is 9.67. The van der Waals surface area contributed by atoms with Gasteiger partial charge in [-0.1, -0.05) is 79.4 Å². The smallest absolute Gasteiger partial charge is 0.243 e. The Morgan fingerprint density at radius 3 is 2.27 bits per heavy atom. The van der Waals surface area contributed by atoms with Gasteiger partial charge in [0.15, 0.2) is 0 Å². The molecular weight excluding hydrogens is 610 g/mol. The second-order valence-corrected chi connectivity index (χ2v) is 13.8. The number of benzene rings is 3. The molecule has 0 saturated heterocycles. The molecule has 1 fully saturated rings. The zero-order chi connectivity index (χ0) is 32.2. The number of carbonyl (C=O) groups is 2. The lowest BCUT2D eigenvalue weighted by atomic mass is 9.94. The number of amides is 2. The van der Waals surface area contributed by atoms with Gasteiger partial charge in [0.25, 0.3) is 0 Å². The molecule has 1 aliphatic carbocycles. The van der Waals surface area contributed by atoms with E-state index in [1.807, 2.05) is 55.5 Å². The van der Waals surface area contributed by atoms with Crippen LogP contribution in [0.15, 0.2) is 78.9 Å². The van der Waals surface area contributed by atoms with Gasteiger partial charge in [-0.3, -0.25) is 13.9 Å². The number of hydrogen-bond donors (Lipinski definition) is 1. The molecule has 4 rings (SSSR count). The van der Waals surface area contributed by atoms with Crippen LogP contribution < -0.4 is 14.4 Å². The number of carbonyl (C=O) groups excluding carboxylic acids is 2. The Hall–Kier alpha value is -3.56. The number of nitrogens with zero attached hydrogens (tertiary/aromatic N) is 2. The quantitative estimate of drug-likeness (QED) is 0.206. The van der Waals surface area contributed by atoms with E-state index in [0.29, 0.717) is 29.5 Å². The highest BCUT2D eigenvalue weighted by Gasteiger charge is 2.32. The van der Waals surface area contributed by atoms with Gasteiger partial charge in [0.05, 0.1) is 18.6 Å².